The van der Waals surface area contributed by atoms with Gasteiger partial charge in [-0.2, -0.15) is 0 Å². The predicted octanol–water partition coefficient (Wildman–Crippen LogP) is 8.11. The van der Waals surface area contributed by atoms with Gasteiger partial charge in [-0.25, -0.2) is 4.79 Å². The molecule has 0 radical (unpaired) electrons. The van der Waals surface area contributed by atoms with Gasteiger partial charge in [0.25, 0.3) is 0 Å². The minimum absolute atomic E-state index is 0.0208. The van der Waals surface area contributed by atoms with Crippen molar-refractivity contribution in [2.45, 2.75) is 134 Å². The second-order valence-electron chi connectivity index (χ2n) is 17.0. The normalized spacial score (nSPS) is 27.6. The number of amides is 2. The molecule has 1 atom stereocenters. The Hall–Kier alpha value is -3.26. The highest BCUT2D eigenvalue weighted by Crippen LogP contribution is 2.63. The van der Waals surface area contributed by atoms with Crippen LogP contribution in [0, 0.1) is 11.8 Å². The Balaban J connectivity index is 0.988. The lowest BCUT2D eigenvalue weighted by molar-refractivity contribution is -0.119. The number of carbonyl (C=O) groups excluding carboxylic acids is 2. The maximum Gasteiger partial charge on any atom is 0.407 e. The van der Waals surface area contributed by atoms with E-state index in [0.717, 1.165) is 74.7 Å². The number of methoxy groups -OCH3 is 1. The zero-order valence-corrected chi connectivity index (χ0v) is 31.3. The van der Waals surface area contributed by atoms with Gasteiger partial charge in [0.2, 0.25) is 5.91 Å². The molecule has 4 aliphatic carbocycles. The highest BCUT2D eigenvalue weighted by molar-refractivity contribution is 5.73. The summed E-state index contributed by atoms with van der Waals surface area (Å²) in [6.45, 7) is 12.6. The Bertz CT molecular complexity index is 1500. The molecular weight excluding hydrogens is 628 g/mol. The van der Waals surface area contributed by atoms with E-state index in [9.17, 15) is 9.59 Å². The molecular formula is C42H60N2O6. The fraction of sp³-hybridized carbons (Fsp3) is 0.667. The van der Waals surface area contributed by atoms with E-state index in [1.54, 1.807) is 14.0 Å². The first-order chi connectivity index (χ1) is 23.9. The summed E-state index contributed by atoms with van der Waals surface area (Å²) in [4.78, 5) is 24.0. The number of alkyl carbamates (subject to hydrolysis) is 1. The molecule has 8 nitrogen and oxygen atoms in total. The van der Waals surface area contributed by atoms with Crippen molar-refractivity contribution in [3.05, 3.63) is 58.7 Å². The topological polar surface area (TPSA) is 95.1 Å². The van der Waals surface area contributed by atoms with E-state index >= 15 is 0 Å². The van der Waals surface area contributed by atoms with Crippen molar-refractivity contribution >= 4 is 12.0 Å². The maximum absolute atomic E-state index is 12.7. The number of ether oxygens (including phenoxy) is 4. The largest absolute Gasteiger partial charge is 0.491 e. The van der Waals surface area contributed by atoms with E-state index in [1.165, 1.54) is 41.5 Å². The lowest BCUT2D eigenvalue weighted by atomic mass is 9.72. The van der Waals surface area contributed by atoms with Gasteiger partial charge in [0.1, 0.15) is 31.3 Å². The molecule has 2 fully saturated rings. The van der Waals surface area contributed by atoms with E-state index in [-0.39, 0.29) is 40.9 Å². The molecule has 2 aromatic carbocycles. The van der Waals surface area contributed by atoms with Gasteiger partial charge in [-0.05, 0) is 140 Å². The molecule has 0 saturated heterocycles. The van der Waals surface area contributed by atoms with Crippen LogP contribution >= 0.6 is 0 Å². The summed E-state index contributed by atoms with van der Waals surface area (Å²) in [7, 11) is 1.69. The van der Waals surface area contributed by atoms with Gasteiger partial charge in [0, 0.05) is 31.5 Å². The summed E-state index contributed by atoms with van der Waals surface area (Å²) in [5.41, 5.74) is 5.40. The Morgan fingerprint density at radius 2 is 1.14 bits per heavy atom. The molecule has 2 amide bonds. The first kappa shape index (κ1) is 36.5. The minimum atomic E-state index is -0.351. The van der Waals surface area contributed by atoms with Gasteiger partial charge < -0.3 is 29.6 Å². The Labute approximate surface area is 299 Å². The van der Waals surface area contributed by atoms with Crippen LogP contribution in [-0.2, 0) is 30.5 Å². The molecule has 0 heterocycles. The van der Waals surface area contributed by atoms with Gasteiger partial charge in [0.15, 0.2) is 0 Å². The van der Waals surface area contributed by atoms with Crippen LogP contribution in [0.2, 0.25) is 0 Å². The first-order valence-electron chi connectivity index (χ1n) is 19.1. The number of fused-ring (bicyclic) bond motifs is 4. The molecule has 6 rings (SSSR count). The van der Waals surface area contributed by atoms with Crippen LogP contribution in [0.25, 0.3) is 0 Å². The van der Waals surface area contributed by atoms with Gasteiger partial charge in [-0.3, -0.25) is 4.79 Å². The van der Waals surface area contributed by atoms with Crippen LogP contribution < -0.4 is 20.1 Å². The van der Waals surface area contributed by atoms with Crippen molar-refractivity contribution in [2.24, 2.45) is 11.8 Å². The summed E-state index contributed by atoms with van der Waals surface area (Å²) in [6.07, 6.45) is 11.9. The van der Waals surface area contributed by atoms with Gasteiger partial charge >= 0.3 is 6.09 Å². The van der Waals surface area contributed by atoms with Gasteiger partial charge in [-0.15, -0.1) is 0 Å². The Morgan fingerprint density at radius 1 is 0.660 bits per heavy atom. The molecule has 0 bridgehead atoms. The van der Waals surface area contributed by atoms with Crippen molar-refractivity contribution in [3.8, 4) is 11.5 Å². The lowest BCUT2D eigenvalue weighted by Crippen LogP contribution is -2.39. The number of rotatable bonds is 12. The Kier molecular flexibility index (Phi) is 11.1. The van der Waals surface area contributed by atoms with Crippen LogP contribution in [-0.4, -0.2) is 57.6 Å². The van der Waals surface area contributed by atoms with Crippen molar-refractivity contribution in [3.63, 3.8) is 0 Å². The lowest BCUT2D eigenvalue weighted by Gasteiger charge is -2.34. The van der Waals surface area contributed by atoms with Gasteiger partial charge in [0.05, 0.1) is 6.61 Å². The van der Waals surface area contributed by atoms with E-state index < -0.39 is 0 Å². The van der Waals surface area contributed by atoms with E-state index in [4.69, 9.17) is 18.9 Å². The van der Waals surface area contributed by atoms with Crippen molar-refractivity contribution < 1.29 is 28.5 Å². The number of hydrogen-bond donors (Lipinski definition) is 2. The van der Waals surface area contributed by atoms with Crippen molar-refractivity contribution in [1.29, 1.82) is 0 Å². The van der Waals surface area contributed by atoms with Crippen LogP contribution in [0.4, 0.5) is 4.79 Å². The van der Waals surface area contributed by atoms with Crippen molar-refractivity contribution in [1.82, 2.24) is 10.6 Å². The minimum Gasteiger partial charge on any atom is -0.491 e. The van der Waals surface area contributed by atoms with Crippen molar-refractivity contribution in [2.75, 3.05) is 33.5 Å². The van der Waals surface area contributed by atoms with Crippen LogP contribution in [0.3, 0.4) is 0 Å². The smallest absolute Gasteiger partial charge is 0.407 e. The number of benzene rings is 2. The summed E-state index contributed by atoms with van der Waals surface area (Å²) >= 11 is 0. The summed E-state index contributed by atoms with van der Waals surface area (Å²) in [6, 6.07) is 13.7. The van der Waals surface area contributed by atoms with Crippen LogP contribution in [0.1, 0.15) is 128 Å². The quantitative estimate of drug-likeness (QED) is 0.219. The molecule has 2 N–H and O–H groups in total. The van der Waals surface area contributed by atoms with E-state index in [2.05, 4.69) is 74.7 Å². The molecule has 8 heteroatoms. The highest BCUT2D eigenvalue weighted by Gasteiger charge is 2.56. The second-order valence-corrected chi connectivity index (χ2v) is 17.0. The molecule has 274 valence electrons. The molecule has 4 aliphatic rings. The number of nitrogens with one attached hydrogen (secondary N) is 2. The second kappa shape index (κ2) is 15.1. The number of carbonyl (C=O) groups is 2. The van der Waals surface area contributed by atoms with Crippen LogP contribution in [0.5, 0.6) is 11.5 Å². The molecule has 0 aliphatic heterocycles. The van der Waals surface area contributed by atoms with Crippen LogP contribution in [0.15, 0.2) is 36.4 Å². The molecule has 1 unspecified atom stereocenters. The average molecular weight is 689 g/mol. The Morgan fingerprint density at radius 3 is 1.62 bits per heavy atom. The van der Waals surface area contributed by atoms with Gasteiger partial charge in [-0.1, -0.05) is 39.8 Å². The third-order valence-corrected chi connectivity index (χ3v) is 12.2. The zero-order valence-electron chi connectivity index (χ0n) is 31.3. The summed E-state index contributed by atoms with van der Waals surface area (Å²) < 4.78 is 23.1. The predicted molar refractivity (Wildman–Crippen MR) is 196 cm³/mol. The average Bonchev–Trinajstić information content (AvgIpc) is 3.43. The van der Waals surface area contributed by atoms with E-state index in [0.29, 0.717) is 25.9 Å². The standard InChI is InChI=1S/C42H60N2O6/c1-28(45)43-31-11-7-29(8-12-31)23-30-9-13-32(14-10-30)44-39(46)50-22-21-49-34-16-18-36-38(25-34)42(27-41(36,4)5)26-40(2,3)35-17-15-33(24-37(35)42)48-20-19-47-6/h15-18,24-25,29-32H,7-14,19-23,26-27H2,1-6H3,(H,43,45)(H,44,46). The highest BCUT2D eigenvalue weighted by atomic mass is 16.6. The number of hydrogen-bond acceptors (Lipinski definition) is 6. The monoisotopic (exact) mass is 688 g/mol. The molecule has 0 aromatic heterocycles. The molecule has 1 spiro atoms. The first-order valence-corrected chi connectivity index (χ1v) is 19.1. The fourth-order valence-corrected chi connectivity index (χ4v) is 10.1. The maximum atomic E-state index is 12.7. The SMILES string of the molecule is COCCOc1ccc2c(c1)C1(CC2(C)C)CC(C)(C)c2ccc(OCCOC(=O)NC3CCC(CC4CCC(NC(C)=O)CC4)CC3)cc21. The fourth-order valence-electron chi connectivity index (χ4n) is 10.1. The molecule has 2 saturated carbocycles. The van der Waals surface area contributed by atoms with E-state index in [1.807, 2.05) is 0 Å². The molecule has 2 aromatic rings. The zero-order chi connectivity index (χ0) is 35.5. The molecule has 50 heavy (non-hydrogen) atoms. The third-order valence-electron chi connectivity index (χ3n) is 12.2. The summed E-state index contributed by atoms with van der Waals surface area (Å²) in [5, 5.41) is 6.19. The summed E-state index contributed by atoms with van der Waals surface area (Å²) in [5.74, 6) is 3.28. The third kappa shape index (κ3) is 8.11.